The summed E-state index contributed by atoms with van der Waals surface area (Å²) in [5.41, 5.74) is 3.40. The van der Waals surface area contributed by atoms with E-state index in [0.717, 1.165) is 67.1 Å². The van der Waals surface area contributed by atoms with E-state index in [1.54, 1.807) is 12.1 Å². The van der Waals surface area contributed by atoms with E-state index in [0.29, 0.717) is 24.3 Å². The minimum atomic E-state index is -0.464. The Morgan fingerprint density at radius 2 is 1.58 bits per heavy atom. The Morgan fingerprint density at radius 3 is 2.09 bits per heavy atom. The average Bonchev–Trinajstić information content (AvgIpc) is 2.81. The third-order valence-electron chi connectivity index (χ3n) is 7.92. The molecule has 0 aliphatic heterocycles. The van der Waals surface area contributed by atoms with Crippen molar-refractivity contribution in [2.45, 2.75) is 78.3 Å². The molecule has 2 unspecified atom stereocenters. The van der Waals surface area contributed by atoms with Crippen LogP contribution in [0.15, 0.2) is 24.3 Å². The third kappa shape index (κ3) is 5.97. The van der Waals surface area contributed by atoms with Gasteiger partial charge in [-0.25, -0.2) is 8.78 Å². The van der Waals surface area contributed by atoms with Crippen LogP contribution in [-0.2, 0) is 6.16 Å². The first kappa shape index (κ1) is 26.6. The molecule has 1 aliphatic carbocycles. The lowest BCUT2D eigenvalue weighted by Crippen LogP contribution is -2.29. The van der Waals surface area contributed by atoms with Crippen LogP contribution in [0.1, 0.15) is 81.9 Å². The van der Waals surface area contributed by atoms with Crippen LogP contribution in [0, 0.1) is 29.9 Å². The standard InChI is InChI=1S/C28H40F2OP2/c1-5-28(6-2,17-33)16-31-26-11-19(4)23(12-22(26)15-32)27-24(29)13-21(14-25(27)30)20-9-7-18(3)8-10-20/h11-14,18,20H,5-10,15-17,32-33H2,1-4H3. The summed E-state index contributed by atoms with van der Waals surface area (Å²) in [6.07, 6.45) is 8.01. The zero-order chi connectivity index (χ0) is 24.2. The van der Waals surface area contributed by atoms with Gasteiger partial charge in [-0.15, -0.1) is 18.5 Å². The molecule has 182 valence electrons. The molecule has 0 N–H and O–H groups in total. The van der Waals surface area contributed by atoms with Crippen LogP contribution in [-0.4, -0.2) is 12.8 Å². The van der Waals surface area contributed by atoms with Crippen molar-refractivity contribution >= 4 is 18.5 Å². The second-order valence-electron chi connectivity index (χ2n) is 10.00. The first-order valence-electron chi connectivity index (χ1n) is 12.4. The van der Waals surface area contributed by atoms with Crippen LogP contribution < -0.4 is 4.74 Å². The van der Waals surface area contributed by atoms with Gasteiger partial charge in [0.05, 0.1) is 12.2 Å². The molecule has 0 saturated heterocycles. The van der Waals surface area contributed by atoms with Crippen molar-refractivity contribution in [2.75, 3.05) is 12.8 Å². The highest BCUT2D eigenvalue weighted by Crippen LogP contribution is 2.40. The molecule has 0 heterocycles. The lowest BCUT2D eigenvalue weighted by atomic mass is 9.79. The number of hydrogen-bond acceptors (Lipinski definition) is 1. The topological polar surface area (TPSA) is 9.23 Å². The lowest BCUT2D eigenvalue weighted by Gasteiger charge is -2.30. The summed E-state index contributed by atoms with van der Waals surface area (Å²) in [6, 6.07) is 6.99. The number of aryl methyl sites for hydroxylation is 1. The Bertz CT molecular complexity index is 916. The fourth-order valence-electron chi connectivity index (χ4n) is 5.00. The zero-order valence-corrected chi connectivity index (χ0v) is 23.0. The highest BCUT2D eigenvalue weighted by atomic mass is 31.0. The van der Waals surface area contributed by atoms with Gasteiger partial charge in [0, 0.05) is 5.41 Å². The molecule has 2 atom stereocenters. The summed E-state index contributed by atoms with van der Waals surface area (Å²) in [5, 5.41) is 0. The summed E-state index contributed by atoms with van der Waals surface area (Å²) in [7, 11) is 5.57. The quantitative estimate of drug-likeness (QED) is 0.318. The molecule has 2 aromatic carbocycles. The normalized spacial score (nSPS) is 19.0. The number of rotatable bonds is 9. The molecule has 5 heteroatoms. The van der Waals surface area contributed by atoms with Crippen LogP contribution in [0.5, 0.6) is 5.75 Å². The largest absolute Gasteiger partial charge is 0.493 e. The fourth-order valence-corrected chi connectivity index (χ4v) is 6.02. The van der Waals surface area contributed by atoms with Crippen molar-refractivity contribution in [2.24, 2.45) is 11.3 Å². The molecule has 1 saturated carbocycles. The van der Waals surface area contributed by atoms with Gasteiger partial charge < -0.3 is 4.74 Å². The Morgan fingerprint density at radius 1 is 0.970 bits per heavy atom. The molecule has 1 fully saturated rings. The van der Waals surface area contributed by atoms with E-state index < -0.39 is 11.6 Å². The van der Waals surface area contributed by atoms with Gasteiger partial charge >= 0.3 is 0 Å². The predicted octanol–water partition coefficient (Wildman–Crippen LogP) is 8.67. The molecular formula is C28H40F2OP2. The first-order valence-corrected chi connectivity index (χ1v) is 14.1. The molecule has 0 amide bonds. The van der Waals surface area contributed by atoms with Gasteiger partial charge in [0.1, 0.15) is 17.4 Å². The highest BCUT2D eigenvalue weighted by Gasteiger charge is 2.27. The molecule has 0 radical (unpaired) electrons. The molecule has 1 nitrogen and oxygen atoms in total. The van der Waals surface area contributed by atoms with E-state index in [-0.39, 0.29) is 16.9 Å². The molecule has 0 spiro atoms. The van der Waals surface area contributed by atoms with Crippen LogP contribution >= 0.6 is 18.5 Å². The van der Waals surface area contributed by atoms with E-state index in [1.165, 1.54) is 0 Å². The van der Waals surface area contributed by atoms with Gasteiger partial charge in [0.25, 0.3) is 0 Å². The zero-order valence-electron chi connectivity index (χ0n) is 20.6. The third-order valence-corrected chi connectivity index (χ3v) is 9.22. The van der Waals surface area contributed by atoms with E-state index in [2.05, 4.69) is 39.3 Å². The monoisotopic (exact) mass is 492 g/mol. The molecule has 0 bridgehead atoms. The molecule has 33 heavy (non-hydrogen) atoms. The van der Waals surface area contributed by atoms with Gasteiger partial charge in [-0.1, -0.05) is 33.6 Å². The predicted molar refractivity (Wildman–Crippen MR) is 143 cm³/mol. The number of halogens is 2. The molecular weight excluding hydrogens is 452 g/mol. The Labute approximate surface area is 203 Å². The van der Waals surface area contributed by atoms with Crippen molar-refractivity contribution in [3.63, 3.8) is 0 Å². The van der Waals surface area contributed by atoms with Gasteiger partial charge in [-0.05, 0) is 103 Å². The summed E-state index contributed by atoms with van der Waals surface area (Å²) >= 11 is 0. The molecule has 1 aliphatic rings. The molecule has 0 aromatic heterocycles. The smallest absolute Gasteiger partial charge is 0.134 e. The van der Waals surface area contributed by atoms with Crippen molar-refractivity contribution in [1.82, 2.24) is 0 Å². The van der Waals surface area contributed by atoms with Crippen molar-refractivity contribution in [3.8, 4) is 16.9 Å². The van der Waals surface area contributed by atoms with Crippen LogP contribution in [0.2, 0.25) is 0 Å². The highest BCUT2D eigenvalue weighted by molar-refractivity contribution is 7.16. The second kappa shape index (κ2) is 11.6. The maximum absolute atomic E-state index is 15.3. The average molecular weight is 493 g/mol. The summed E-state index contributed by atoms with van der Waals surface area (Å²) in [4.78, 5) is 0. The van der Waals surface area contributed by atoms with Crippen molar-refractivity contribution in [3.05, 3.63) is 52.6 Å². The van der Waals surface area contributed by atoms with Gasteiger partial charge in [-0.2, -0.15) is 0 Å². The number of benzene rings is 2. The Balaban J connectivity index is 1.92. The lowest BCUT2D eigenvalue weighted by molar-refractivity contribution is 0.155. The maximum atomic E-state index is 15.3. The minimum Gasteiger partial charge on any atom is -0.493 e. The molecule has 2 aromatic rings. The molecule has 3 rings (SSSR count). The van der Waals surface area contributed by atoms with E-state index in [9.17, 15) is 0 Å². The van der Waals surface area contributed by atoms with Crippen molar-refractivity contribution in [1.29, 1.82) is 0 Å². The maximum Gasteiger partial charge on any atom is 0.134 e. The van der Waals surface area contributed by atoms with Crippen LogP contribution in [0.3, 0.4) is 0 Å². The first-order chi connectivity index (χ1) is 15.8. The Kier molecular flexibility index (Phi) is 9.33. The van der Waals surface area contributed by atoms with Gasteiger partial charge in [0.15, 0.2) is 0 Å². The van der Waals surface area contributed by atoms with Gasteiger partial charge in [0.2, 0.25) is 0 Å². The van der Waals surface area contributed by atoms with Crippen molar-refractivity contribution < 1.29 is 13.5 Å². The Hall–Kier alpha value is -1.04. The van der Waals surface area contributed by atoms with Gasteiger partial charge in [-0.3, -0.25) is 0 Å². The van der Waals surface area contributed by atoms with Crippen LogP contribution in [0.25, 0.3) is 11.1 Å². The SMILES string of the molecule is CCC(CC)(CP)COc1cc(C)c(-c2c(F)cc(C3CCC(C)CC3)cc2F)cc1CP. The van der Waals surface area contributed by atoms with Crippen LogP contribution in [0.4, 0.5) is 8.78 Å². The summed E-state index contributed by atoms with van der Waals surface area (Å²) in [5.74, 6) is 0.848. The summed E-state index contributed by atoms with van der Waals surface area (Å²) < 4.78 is 36.9. The summed E-state index contributed by atoms with van der Waals surface area (Å²) in [6.45, 7) is 9.20. The van der Waals surface area contributed by atoms with E-state index >= 15 is 8.78 Å². The fraction of sp³-hybridized carbons (Fsp3) is 0.571. The van der Waals surface area contributed by atoms with E-state index in [4.69, 9.17) is 4.74 Å². The minimum absolute atomic E-state index is 0.0769. The van der Waals surface area contributed by atoms with E-state index in [1.807, 2.05) is 19.1 Å². The number of ether oxygens (including phenoxy) is 1. The number of hydrogen-bond donors (Lipinski definition) is 0. The second-order valence-corrected chi connectivity index (χ2v) is 10.8.